The van der Waals surface area contributed by atoms with Gasteiger partial charge in [-0.25, -0.2) is 4.98 Å². The summed E-state index contributed by atoms with van der Waals surface area (Å²) in [5.41, 5.74) is 2.97. The lowest BCUT2D eigenvalue weighted by atomic mass is 9.92. The van der Waals surface area contributed by atoms with Crippen molar-refractivity contribution < 1.29 is 9.90 Å². The van der Waals surface area contributed by atoms with Gasteiger partial charge in [0.1, 0.15) is 0 Å². The molecule has 1 saturated heterocycles. The lowest BCUT2D eigenvalue weighted by molar-refractivity contribution is -0.125. The summed E-state index contributed by atoms with van der Waals surface area (Å²) in [7, 11) is 0. The van der Waals surface area contributed by atoms with Gasteiger partial charge in [-0.1, -0.05) is 29.8 Å². The summed E-state index contributed by atoms with van der Waals surface area (Å²) < 4.78 is 0. The number of benzene rings is 1. The van der Waals surface area contributed by atoms with Gasteiger partial charge in [0, 0.05) is 25.0 Å². The Morgan fingerprint density at radius 2 is 2.07 bits per heavy atom. The Morgan fingerprint density at radius 1 is 1.33 bits per heavy atom. The number of piperidine rings is 1. The van der Waals surface area contributed by atoms with E-state index in [1.54, 1.807) is 11.3 Å². The first-order valence-electron chi connectivity index (χ1n) is 9.66. The number of aliphatic hydroxyl groups is 1. The van der Waals surface area contributed by atoms with Crippen molar-refractivity contribution in [1.82, 2.24) is 15.2 Å². The molecule has 0 spiro atoms. The number of rotatable bonds is 5. The fourth-order valence-corrected chi connectivity index (χ4v) is 4.57. The SMILES string of the molecule is Cc1ccc(C2(C(=O)N[C@@H]3CCN(Cc4csc(C)n4)C[C@H]3O)CC2)cc1. The van der Waals surface area contributed by atoms with Crippen molar-refractivity contribution in [2.45, 2.75) is 57.2 Å². The van der Waals surface area contributed by atoms with Crippen molar-refractivity contribution in [3.63, 3.8) is 0 Å². The largest absolute Gasteiger partial charge is 0.390 e. The molecule has 0 bridgehead atoms. The summed E-state index contributed by atoms with van der Waals surface area (Å²) in [6.45, 7) is 6.25. The van der Waals surface area contributed by atoms with Crippen molar-refractivity contribution >= 4 is 17.2 Å². The minimum atomic E-state index is -0.545. The molecule has 2 aliphatic rings. The molecule has 2 heterocycles. The maximum Gasteiger partial charge on any atom is 0.230 e. The summed E-state index contributed by atoms with van der Waals surface area (Å²) in [6, 6.07) is 8.09. The van der Waals surface area contributed by atoms with E-state index in [2.05, 4.69) is 51.8 Å². The first-order valence-corrected chi connectivity index (χ1v) is 10.5. The minimum absolute atomic E-state index is 0.0685. The molecule has 0 unspecified atom stereocenters. The second kappa shape index (κ2) is 7.34. The second-order valence-corrected chi connectivity index (χ2v) is 9.04. The van der Waals surface area contributed by atoms with Crippen LogP contribution < -0.4 is 5.32 Å². The fraction of sp³-hybridized carbons (Fsp3) is 0.524. The van der Waals surface area contributed by atoms with Crippen molar-refractivity contribution in [1.29, 1.82) is 0 Å². The summed E-state index contributed by atoms with van der Waals surface area (Å²) in [6.07, 6.45) is 2.00. The van der Waals surface area contributed by atoms with Gasteiger partial charge < -0.3 is 10.4 Å². The highest BCUT2D eigenvalue weighted by atomic mass is 32.1. The van der Waals surface area contributed by atoms with Gasteiger partial charge in [-0.05, 0) is 38.7 Å². The number of thiazole rings is 1. The van der Waals surface area contributed by atoms with Crippen LogP contribution in [0.1, 0.15) is 41.1 Å². The first kappa shape index (κ1) is 18.6. The normalized spacial score (nSPS) is 24.6. The zero-order valence-corrected chi connectivity index (χ0v) is 16.8. The van der Waals surface area contributed by atoms with Gasteiger partial charge in [0.15, 0.2) is 0 Å². The number of nitrogens with one attached hydrogen (secondary N) is 1. The zero-order valence-electron chi connectivity index (χ0n) is 15.9. The number of hydrogen-bond acceptors (Lipinski definition) is 5. The average molecular weight is 386 g/mol. The van der Waals surface area contributed by atoms with Gasteiger partial charge in [0.05, 0.1) is 28.3 Å². The molecule has 1 saturated carbocycles. The Morgan fingerprint density at radius 3 is 2.67 bits per heavy atom. The van der Waals surface area contributed by atoms with E-state index in [1.165, 1.54) is 5.56 Å². The molecule has 1 aliphatic heterocycles. The Hall–Kier alpha value is -1.76. The number of carbonyl (C=O) groups is 1. The number of β-amino-alcohol motifs (C(OH)–C–C–N with tert-alkyl or cyclic N) is 1. The van der Waals surface area contributed by atoms with Crippen molar-refractivity contribution in [2.24, 2.45) is 0 Å². The van der Waals surface area contributed by atoms with Gasteiger partial charge >= 0.3 is 0 Å². The van der Waals surface area contributed by atoms with E-state index >= 15 is 0 Å². The third-order valence-corrected chi connectivity index (χ3v) is 6.65. The molecule has 2 N–H and O–H groups in total. The lowest BCUT2D eigenvalue weighted by Crippen LogP contribution is -2.55. The molecule has 1 aliphatic carbocycles. The highest BCUT2D eigenvalue weighted by Crippen LogP contribution is 2.48. The summed E-state index contributed by atoms with van der Waals surface area (Å²) >= 11 is 1.65. The molecule has 1 amide bonds. The number of likely N-dealkylation sites (tertiary alicyclic amines) is 1. The Kier molecular flexibility index (Phi) is 5.05. The number of amides is 1. The minimum Gasteiger partial charge on any atom is -0.390 e. The molecule has 2 aromatic rings. The molecule has 4 rings (SSSR count). The number of hydrogen-bond donors (Lipinski definition) is 2. The molecule has 2 atom stereocenters. The molecule has 5 nitrogen and oxygen atoms in total. The average Bonchev–Trinajstić information content (AvgIpc) is 3.35. The molecular formula is C21H27N3O2S. The highest BCUT2D eigenvalue weighted by molar-refractivity contribution is 7.09. The van der Waals surface area contributed by atoms with Crippen LogP contribution in [-0.2, 0) is 16.8 Å². The maximum absolute atomic E-state index is 13.0. The Labute approximate surface area is 164 Å². The van der Waals surface area contributed by atoms with Crippen LogP contribution in [0.5, 0.6) is 0 Å². The van der Waals surface area contributed by atoms with E-state index in [-0.39, 0.29) is 17.4 Å². The summed E-state index contributed by atoms with van der Waals surface area (Å²) in [5, 5.41) is 16.9. The van der Waals surface area contributed by atoms with Gasteiger partial charge in [-0.2, -0.15) is 0 Å². The molecule has 1 aromatic heterocycles. The molecule has 0 radical (unpaired) electrons. The highest BCUT2D eigenvalue weighted by Gasteiger charge is 2.52. The summed E-state index contributed by atoms with van der Waals surface area (Å²) in [5.74, 6) is 0.0685. The molecular weight excluding hydrogens is 358 g/mol. The first-order chi connectivity index (χ1) is 13.0. The predicted octanol–water partition coefficient (Wildman–Crippen LogP) is 2.54. The topological polar surface area (TPSA) is 65.5 Å². The number of nitrogens with zero attached hydrogens (tertiary/aromatic N) is 2. The van der Waals surface area contributed by atoms with E-state index in [0.717, 1.165) is 48.6 Å². The zero-order chi connectivity index (χ0) is 19.0. The molecule has 2 fully saturated rings. The number of aliphatic hydroxyl groups excluding tert-OH is 1. The van der Waals surface area contributed by atoms with Crippen molar-refractivity contribution in [3.8, 4) is 0 Å². The van der Waals surface area contributed by atoms with Crippen LogP contribution in [0.15, 0.2) is 29.6 Å². The van der Waals surface area contributed by atoms with Crippen LogP contribution in [0.2, 0.25) is 0 Å². The van der Waals surface area contributed by atoms with Crippen LogP contribution in [0.4, 0.5) is 0 Å². The van der Waals surface area contributed by atoms with E-state index in [4.69, 9.17) is 0 Å². The molecule has 144 valence electrons. The quantitative estimate of drug-likeness (QED) is 0.830. The smallest absolute Gasteiger partial charge is 0.230 e. The van der Waals surface area contributed by atoms with E-state index < -0.39 is 6.10 Å². The molecule has 27 heavy (non-hydrogen) atoms. The third-order valence-electron chi connectivity index (χ3n) is 5.82. The molecule has 1 aromatic carbocycles. The van der Waals surface area contributed by atoms with E-state index in [1.807, 2.05) is 6.92 Å². The van der Waals surface area contributed by atoms with E-state index in [0.29, 0.717) is 6.54 Å². The van der Waals surface area contributed by atoms with Crippen LogP contribution in [0.3, 0.4) is 0 Å². The van der Waals surface area contributed by atoms with Gasteiger partial charge in [0.2, 0.25) is 5.91 Å². The van der Waals surface area contributed by atoms with Crippen molar-refractivity contribution in [2.75, 3.05) is 13.1 Å². The van der Waals surface area contributed by atoms with Gasteiger partial charge in [0.25, 0.3) is 0 Å². The monoisotopic (exact) mass is 385 g/mol. The van der Waals surface area contributed by atoms with Gasteiger partial charge in [-0.3, -0.25) is 9.69 Å². The third kappa shape index (κ3) is 3.93. The standard InChI is InChI=1S/C21H27N3O2S/c1-14-3-5-16(6-4-14)21(8-9-21)20(26)23-18-7-10-24(12-19(18)25)11-17-13-27-15(2)22-17/h3-6,13,18-19,25H,7-12H2,1-2H3,(H,23,26)/t18-,19-/m1/s1. The predicted molar refractivity (Wildman–Crippen MR) is 107 cm³/mol. The van der Waals surface area contributed by atoms with E-state index in [9.17, 15) is 9.90 Å². The van der Waals surface area contributed by atoms with Gasteiger partial charge in [-0.15, -0.1) is 11.3 Å². The Balaban J connectivity index is 1.35. The second-order valence-electron chi connectivity index (χ2n) is 7.98. The summed E-state index contributed by atoms with van der Waals surface area (Å²) in [4.78, 5) is 19.7. The van der Waals surface area contributed by atoms with Crippen LogP contribution >= 0.6 is 11.3 Å². The van der Waals surface area contributed by atoms with Crippen LogP contribution in [0.25, 0.3) is 0 Å². The number of aromatic nitrogens is 1. The number of carbonyl (C=O) groups excluding carboxylic acids is 1. The lowest BCUT2D eigenvalue weighted by Gasteiger charge is -2.36. The fourth-order valence-electron chi connectivity index (χ4n) is 3.97. The number of aryl methyl sites for hydroxylation is 2. The molecule has 6 heteroatoms. The van der Waals surface area contributed by atoms with Crippen LogP contribution in [-0.4, -0.2) is 46.1 Å². The maximum atomic E-state index is 13.0. The van der Waals surface area contributed by atoms with Crippen LogP contribution in [0, 0.1) is 13.8 Å². The van der Waals surface area contributed by atoms with Crippen molar-refractivity contribution in [3.05, 3.63) is 51.5 Å². The Bertz CT molecular complexity index is 813.